The average molecular weight is 322 g/mol. The van der Waals surface area contributed by atoms with Crippen molar-refractivity contribution < 1.29 is 4.79 Å². The van der Waals surface area contributed by atoms with Crippen LogP contribution in [-0.4, -0.2) is 37.6 Å². The smallest absolute Gasteiger partial charge is 0.251 e. The number of nitrogens with zero attached hydrogens (tertiary/aromatic N) is 5. The van der Waals surface area contributed by atoms with Gasteiger partial charge in [-0.15, -0.1) is 5.10 Å². The zero-order chi connectivity index (χ0) is 16.8. The molecule has 122 valence electrons. The molecule has 2 aromatic heterocycles. The van der Waals surface area contributed by atoms with Crippen LogP contribution in [0.5, 0.6) is 0 Å². The van der Waals surface area contributed by atoms with Gasteiger partial charge in [0.15, 0.2) is 0 Å². The molecule has 3 rings (SSSR count). The Hall–Kier alpha value is -3.09. The standard InChI is InChI=1S/C17H18N6O/c1-13-20-21-22-23(13)12-15-4-6-16(7-5-15)17(24)19-10-8-14-3-2-9-18-11-14/h2-7,9,11H,8,10,12H2,1H3,(H,19,24). The van der Waals surface area contributed by atoms with Crippen molar-refractivity contribution in [3.05, 3.63) is 71.3 Å². The minimum atomic E-state index is -0.0796. The van der Waals surface area contributed by atoms with E-state index < -0.39 is 0 Å². The van der Waals surface area contributed by atoms with Gasteiger partial charge >= 0.3 is 0 Å². The highest BCUT2D eigenvalue weighted by Gasteiger charge is 2.06. The molecule has 0 radical (unpaired) electrons. The number of benzene rings is 1. The second-order valence-electron chi connectivity index (χ2n) is 5.45. The third kappa shape index (κ3) is 4.01. The van der Waals surface area contributed by atoms with Gasteiger partial charge in [0, 0.05) is 24.5 Å². The van der Waals surface area contributed by atoms with E-state index in [9.17, 15) is 4.79 Å². The molecule has 24 heavy (non-hydrogen) atoms. The van der Waals surface area contributed by atoms with E-state index in [4.69, 9.17) is 0 Å². The van der Waals surface area contributed by atoms with Crippen molar-refractivity contribution in [1.82, 2.24) is 30.5 Å². The van der Waals surface area contributed by atoms with Crippen molar-refractivity contribution in [1.29, 1.82) is 0 Å². The van der Waals surface area contributed by atoms with E-state index in [0.29, 0.717) is 18.7 Å². The minimum absolute atomic E-state index is 0.0796. The highest BCUT2D eigenvalue weighted by molar-refractivity contribution is 5.94. The summed E-state index contributed by atoms with van der Waals surface area (Å²) in [5.41, 5.74) is 2.78. The summed E-state index contributed by atoms with van der Waals surface area (Å²) in [6, 6.07) is 11.3. The maximum Gasteiger partial charge on any atom is 0.251 e. The maximum atomic E-state index is 12.2. The Morgan fingerprint density at radius 1 is 1.17 bits per heavy atom. The quantitative estimate of drug-likeness (QED) is 0.741. The van der Waals surface area contributed by atoms with Crippen molar-refractivity contribution in [3.8, 4) is 0 Å². The maximum absolute atomic E-state index is 12.2. The van der Waals surface area contributed by atoms with Gasteiger partial charge in [0.25, 0.3) is 5.91 Å². The van der Waals surface area contributed by atoms with Gasteiger partial charge in [0.2, 0.25) is 0 Å². The molecule has 2 heterocycles. The Labute approximate surface area is 139 Å². The number of amides is 1. The molecule has 0 spiro atoms. The number of hydrogen-bond acceptors (Lipinski definition) is 5. The molecule has 1 amide bonds. The average Bonchev–Trinajstić information content (AvgIpc) is 3.01. The van der Waals surface area contributed by atoms with Gasteiger partial charge in [-0.05, 0) is 53.1 Å². The van der Waals surface area contributed by atoms with Crippen LogP contribution in [-0.2, 0) is 13.0 Å². The first-order valence-corrected chi connectivity index (χ1v) is 7.71. The third-order valence-electron chi connectivity index (χ3n) is 3.68. The van der Waals surface area contributed by atoms with E-state index in [1.807, 2.05) is 49.5 Å². The van der Waals surface area contributed by atoms with Crippen LogP contribution in [0.2, 0.25) is 0 Å². The molecule has 1 N–H and O–H groups in total. The lowest BCUT2D eigenvalue weighted by Gasteiger charge is -2.07. The molecule has 1 aromatic carbocycles. The molecule has 0 bridgehead atoms. The van der Waals surface area contributed by atoms with E-state index >= 15 is 0 Å². The van der Waals surface area contributed by atoms with Crippen LogP contribution >= 0.6 is 0 Å². The van der Waals surface area contributed by atoms with Crippen LogP contribution in [0.25, 0.3) is 0 Å². The van der Waals surface area contributed by atoms with E-state index in [0.717, 1.165) is 23.4 Å². The van der Waals surface area contributed by atoms with Gasteiger partial charge in [0.05, 0.1) is 6.54 Å². The SMILES string of the molecule is Cc1nnnn1Cc1ccc(C(=O)NCCc2cccnc2)cc1. The van der Waals surface area contributed by atoms with E-state index in [1.54, 1.807) is 10.9 Å². The monoisotopic (exact) mass is 322 g/mol. The van der Waals surface area contributed by atoms with Crippen LogP contribution < -0.4 is 5.32 Å². The molecule has 0 aliphatic rings. The molecule has 7 heteroatoms. The molecular formula is C17H18N6O. The normalized spacial score (nSPS) is 10.5. The van der Waals surface area contributed by atoms with Gasteiger partial charge in [0.1, 0.15) is 5.82 Å². The van der Waals surface area contributed by atoms with Gasteiger partial charge in [-0.3, -0.25) is 9.78 Å². The van der Waals surface area contributed by atoms with Gasteiger partial charge in [-0.2, -0.15) is 0 Å². The number of nitrogens with one attached hydrogen (secondary N) is 1. The lowest BCUT2D eigenvalue weighted by molar-refractivity contribution is 0.0954. The molecule has 0 saturated carbocycles. The van der Waals surface area contributed by atoms with Crippen molar-refractivity contribution in [2.45, 2.75) is 19.9 Å². The Morgan fingerprint density at radius 3 is 2.67 bits per heavy atom. The third-order valence-corrected chi connectivity index (χ3v) is 3.68. The van der Waals surface area contributed by atoms with Gasteiger partial charge in [-0.1, -0.05) is 18.2 Å². The second kappa shape index (κ2) is 7.45. The number of rotatable bonds is 6. The minimum Gasteiger partial charge on any atom is -0.352 e. The van der Waals surface area contributed by atoms with E-state index in [1.165, 1.54) is 0 Å². The lowest BCUT2D eigenvalue weighted by atomic mass is 10.1. The number of hydrogen-bond donors (Lipinski definition) is 1. The van der Waals surface area contributed by atoms with Crippen LogP contribution in [0.15, 0.2) is 48.8 Å². The number of aromatic nitrogens is 5. The summed E-state index contributed by atoms with van der Waals surface area (Å²) in [5, 5.41) is 14.3. The number of carbonyl (C=O) groups is 1. The molecule has 3 aromatic rings. The molecule has 0 atom stereocenters. The largest absolute Gasteiger partial charge is 0.352 e. The topological polar surface area (TPSA) is 85.6 Å². The number of carbonyl (C=O) groups excluding carboxylic acids is 1. The van der Waals surface area contributed by atoms with Crippen LogP contribution in [0, 0.1) is 6.92 Å². The summed E-state index contributed by atoms with van der Waals surface area (Å²) in [6.45, 7) is 3.02. The fourth-order valence-corrected chi connectivity index (χ4v) is 2.30. The van der Waals surface area contributed by atoms with Crippen molar-refractivity contribution in [2.75, 3.05) is 6.54 Å². The molecule has 0 aliphatic heterocycles. The summed E-state index contributed by atoms with van der Waals surface area (Å²) >= 11 is 0. The molecule has 0 saturated heterocycles. The Bertz CT molecular complexity index is 797. The molecule has 0 fully saturated rings. The summed E-state index contributed by atoms with van der Waals surface area (Å²) in [6.07, 6.45) is 4.30. The fraction of sp³-hybridized carbons (Fsp3) is 0.235. The highest BCUT2D eigenvalue weighted by Crippen LogP contribution is 2.07. The van der Waals surface area contributed by atoms with Crippen LogP contribution in [0.4, 0.5) is 0 Å². The molecule has 7 nitrogen and oxygen atoms in total. The van der Waals surface area contributed by atoms with Crippen molar-refractivity contribution >= 4 is 5.91 Å². The molecule has 0 aliphatic carbocycles. The zero-order valence-electron chi connectivity index (χ0n) is 13.4. The first-order valence-electron chi connectivity index (χ1n) is 7.71. The Balaban J connectivity index is 1.53. The number of pyridine rings is 1. The Kier molecular flexibility index (Phi) is 4.90. The predicted molar refractivity (Wildman–Crippen MR) is 88.4 cm³/mol. The van der Waals surface area contributed by atoms with E-state index in [2.05, 4.69) is 25.8 Å². The summed E-state index contributed by atoms with van der Waals surface area (Å²) in [4.78, 5) is 16.2. The van der Waals surface area contributed by atoms with E-state index in [-0.39, 0.29) is 5.91 Å². The van der Waals surface area contributed by atoms with Gasteiger partial charge < -0.3 is 5.32 Å². The predicted octanol–water partition coefficient (Wildman–Crippen LogP) is 1.40. The summed E-state index contributed by atoms with van der Waals surface area (Å²) in [7, 11) is 0. The summed E-state index contributed by atoms with van der Waals surface area (Å²) < 4.78 is 1.71. The number of aryl methyl sites for hydroxylation is 1. The van der Waals surface area contributed by atoms with Gasteiger partial charge in [-0.25, -0.2) is 4.68 Å². The first-order chi connectivity index (χ1) is 11.7. The molecular weight excluding hydrogens is 304 g/mol. The van der Waals surface area contributed by atoms with Crippen LogP contribution in [0.1, 0.15) is 27.3 Å². The van der Waals surface area contributed by atoms with Crippen molar-refractivity contribution in [3.63, 3.8) is 0 Å². The number of tetrazole rings is 1. The van der Waals surface area contributed by atoms with Crippen molar-refractivity contribution in [2.24, 2.45) is 0 Å². The van der Waals surface area contributed by atoms with Crippen LogP contribution in [0.3, 0.4) is 0 Å². The second-order valence-corrected chi connectivity index (χ2v) is 5.45. The molecule has 0 unspecified atom stereocenters. The lowest BCUT2D eigenvalue weighted by Crippen LogP contribution is -2.25. The highest BCUT2D eigenvalue weighted by atomic mass is 16.1. The summed E-state index contributed by atoms with van der Waals surface area (Å²) in [5.74, 6) is 0.677. The Morgan fingerprint density at radius 2 is 2.00 bits per heavy atom. The fourth-order valence-electron chi connectivity index (χ4n) is 2.30. The first kappa shape index (κ1) is 15.8. The zero-order valence-corrected chi connectivity index (χ0v) is 13.4.